The van der Waals surface area contributed by atoms with Gasteiger partial charge in [0.1, 0.15) is 5.82 Å². The molecule has 12 heavy (non-hydrogen) atoms. The monoisotopic (exact) mass is 169 g/mol. The molecule has 3 heteroatoms. The molecule has 0 atom stereocenters. The smallest absolute Gasteiger partial charge is 0.146 e. The second-order valence-electron chi connectivity index (χ2n) is 2.64. The minimum Gasteiger partial charge on any atom is -0.396 e. The summed E-state index contributed by atoms with van der Waals surface area (Å²) in [5.74, 6) is -0.384. The lowest BCUT2D eigenvalue weighted by atomic mass is 10.1. The third-order valence-corrected chi connectivity index (χ3v) is 1.75. The fraction of sp³-hybridized carbons (Fsp3) is 0.333. The van der Waals surface area contributed by atoms with E-state index in [2.05, 4.69) is 0 Å². The minimum atomic E-state index is -0.384. The van der Waals surface area contributed by atoms with E-state index in [4.69, 9.17) is 10.8 Å². The number of aliphatic hydroxyl groups excluding tert-OH is 1. The molecule has 0 unspecified atom stereocenters. The molecule has 1 aromatic rings. The van der Waals surface area contributed by atoms with Gasteiger partial charge in [0, 0.05) is 6.61 Å². The van der Waals surface area contributed by atoms with E-state index in [1.54, 1.807) is 12.1 Å². The Kier molecular flexibility index (Phi) is 3.05. The van der Waals surface area contributed by atoms with Crippen LogP contribution in [0.3, 0.4) is 0 Å². The van der Waals surface area contributed by atoms with Gasteiger partial charge in [0.25, 0.3) is 0 Å². The van der Waals surface area contributed by atoms with Crippen molar-refractivity contribution in [3.8, 4) is 0 Å². The molecule has 1 rings (SSSR count). The fourth-order valence-corrected chi connectivity index (χ4v) is 1.07. The van der Waals surface area contributed by atoms with Crippen molar-refractivity contribution in [2.24, 2.45) is 0 Å². The third-order valence-electron chi connectivity index (χ3n) is 1.75. The first-order chi connectivity index (χ1) is 5.75. The van der Waals surface area contributed by atoms with Gasteiger partial charge < -0.3 is 10.8 Å². The van der Waals surface area contributed by atoms with Crippen LogP contribution in [-0.4, -0.2) is 11.7 Å². The quantitative estimate of drug-likeness (QED) is 0.670. The summed E-state index contributed by atoms with van der Waals surface area (Å²) in [6, 6.07) is 4.73. The Morgan fingerprint density at radius 2 is 2.17 bits per heavy atom. The predicted molar refractivity (Wildman–Crippen MR) is 46.2 cm³/mol. The molecule has 0 amide bonds. The number of aryl methyl sites for hydroxylation is 1. The van der Waals surface area contributed by atoms with E-state index in [-0.39, 0.29) is 18.1 Å². The van der Waals surface area contributed by atoms with Gasteiger partial charge in [-0.3, -0.25) is 0 Å². The van der Waals surface area contributed by atoms with Crippen molar-refractivity contribution in [2.75, 3.05) is 12.3 Å². The summed E-state index contributed by atoms with van der Waals surface area (Å²) in [7, 11) is 0. The lowest BCUT2D eigenvalue weighted by molar-refractivity contribution is 0.288. The van der Waals surface area contributed by atoms with Crippen LogP contribution in [0.5, 0.6) is 0 Å². The van der Waals surface area contributed by atoms with E-state index < -0.39 is 0 Å². The highest BCUT2D eigenvalue weighted by Crippen LogP contribution is 2.16. The number of halogens is 1. The van der Waals surface area contributed by atoms with Gasteiger partial charge in [0.05, 0.1) is 5.69 Å². The molecule has 2 nitrogen and oxygen atoms in total. The highest BCUT2D eigenvalue weighted by Gasteiger charge is 2.02. The molecule has 0 saturated heterocycles. The Balaban J connectivity index is 2.78. The zero-order chi connectivity index (χ0) is 8.97. The summed E-state index contributed by atoms with van der Waals surface area (Å²) in [4.78, 5) is 0. The van der Waals surface area contributed by atoms with Crippen LogP contribution in [0.4, 0.5) is 10.1 Å². The van der Waals surface area contributed by atoms with Crippen LogP contribution in [0.2, 0.25) is 0 Å². The second kappa shape index (κ2) is 4.07. The average molecular weight is 169 g/mol. The standard InChI is InChI=1S/C9H12FNO/c10-8-5-1-3-7(9(8)11)4-2-6-12/h1,3,5,12H,2,4,6,11H2. The molecular weight excluding hydrogens is 157 g/mol. The first-order valence-electron chi connectivity index (χ1n) is 3.89. The van der Waals surface area contributed by atoms with Crippen LogP contribution < -0.4 is 5.73 Å². The normalized spacial score (nSPS) is 10.2. The molecule has 0 aliphatic rings. The summed E-state index contributed by atoms with van der Waals surface area (Å²) >= 11 is 0. The Hall–Kier alpha value is -1.09. The van der Waals surface area contributed by atoms with Crippen molar-refractivity contribution in [3.05, 3.63) is 29.6 Å². The van der Waals surface area contributed by atoms with Gasteiger partial charge in [0.15, 0.2) is 0 Å². The minimum absolute atomic E-state index is 0.107. The van der Waals surface area contributed by atoms with Gasteiger partial charge in [-0.2, -0.15) is 0 Å². The van der Waals surface area contributed by atoms with Crippen LogP contribution in [-0.2, 0) is 6.42 Å². The van der Waals surface area contributed by atoms with Crippen molar-refractivity contribution < 1.29 is 9.50 Å². The number of rotatable bonds is 3. The van der Waals surface area contributed by atoms with Crippen LogP contribution in [0.15, 0.2) is 18.2 Å². The molecule has 0 spiro atoms. The van der Waals surface area contributed by atoms with Crippen molar-refractivity contribution >= 4 is 5.69 Å². The lowest BCUT2D eigenvalue weighted by Gasteiger charge is -2.04. The van der Waals surface area contributed by atoms with E-state index in [1.165, 1.54) is 6.07 Å². The number of aliphatic hydroxyl groups is 1. The SMILES string of the molecule is Nc1c(F)cccc1CCCO. The number of hydrogen-bond donors (Lipinski definition) is 2. The summed E-state index contributed by atoms with van der Waals surface area (Å²) in [6.45, 7) is 0.107. The maximum absolute atomic E-state index is 12.8. The van der Waals surface area contributed by atoms with E-state index in [0.717, 1.165) is 5.56 Å². The van der Waals surface area contributed by atoms with Gasteiger partial charge in [-0.25, -0.2) is 4.39 Å². The Morgan fingerprint density at radius 1 is 1.42 bits per heavy atom. The number of nitrogens with two attached hydrogens (primary N) is 1. The topological polar surface area (TPSA) is 46.2 Å². The van der Waals surface area contributed by atoms with Gasteiger partial charge in [-0.1, -0.05) is 12.1 Å². The average Bonchev–Trinajstić information content (AvgIpc) is 2.08. The van der Waals surface area contributed by atoms with Gasteiger partial charge >= 0.3 is 0 Å². The van der Waals surface area contributed by atoms with Gasteiger partial charge in [0.2, 0.25) is 0 Å². The molecule has 0 aromatic heterocycles. The molecule has 1 aromatic carbocycles. The first-order valence-corrected chi connectivity index (χ1v) is 3.89. The van der Waals surface area contributed by atoms with Crippen LogP contribution in [0.1, 0.15) is 12.0 Å². The van der Waals surface area contributed by atoms with Crippen molar-refractivity contribution in [2.45, 2.75) is 12.8 Å². The summed E-state index contributed by atoms with van der Waals surface area (Å²) in [5.41, 5.74) is 6.43. The molecule has 0 bridgehead atoms. The molecule has 0 heterocycles. The number of anilines is 1. The van der Waals surface area contributed by atoms with Gasteiger partial charge in [-0.15, -0.1) is 0 Å². The van der Waals surface area contributed by atoms with Crippen molar-refractivity contribution in [1.29, 1.82) is 0 Å². The number of hydrogen-bond acceptors (Lipinski definition) is 2. The zero-order valence-corrected chi connectivity index (χ0v) is 6.76. The molecule has 0 aliphatic heterocycles. The van der Waals surface area contributed by atoms with E-state index in [0.29, 0.717) is 12.8 Å². The number of para-hydroxylation sites is 1. The first kappa shape index (κ1) is 9.00. The molecule has 0 aliphatic carbocycles. The maximum Gasteiger partial charge on any atom is 0.146 e. The zero-order valence-electron chi connectivity index (χ0n) is 6.76. The molecule has 0 saturated carbocycles. The number of nitrogen functional groups attached to an aromatic ring is 1. The molecular formula is C9H12FNO. The Labute approximate surface area is 70.8 Å². The predicted octanol–water partition coefficient (Wildman–Crippen LogP) is 1.33. The summed E-state index contributed by atoms with van der Waals surface area (Å²) in [5, 5.41) is 8.55. The highest BCUT2D eigenvalue weighted by atomic mass is 19.1. The second-order valence-corrected chi connectivity index (χ2v) is 2.64. The van der Waals surface area contributed by atoms with Gasteiger partial charge in [-0.05, 0) is 24.5 Å². The molecule has 0 radical (unpaired) electrons. The van der Waals surface area contributed by atoms with Crippen molar-refractivity contribution in [1.82, 2.24) is 0 Å². The Morgan fingerprint density at radius 3 is 2.83 bits per heavy atom. The Bertz CT molecular complexity index is 263. The van der Waals surface area contributed by atoms with E-state index in [1.807, 2.05) is 0 Å². The van der Waals surface area contributed by atoms with E-state index in [9.17, 15) is 4.39 Å². The largest absolute Gasteiger partial charge is 0.396 e. The maximum atomic E-state index is 12.8. The van der Waals surface area contributed by atoms with Crippen LogP contribution in [0.25, 0.3) is 0 Å². The van der Waals surface area contributed by atoms with Crippen molar-refractivity contribution in [3.63, 3.8) is 0 Å². The van der Waals surface area contributed by atoms with Crippen LogP contribution >= 0.6 is 0 Å². The highest BCUT2D eigenvalue weighted by molar-refractivity contribution is 5.47. The fourth-order valence-electron chi connectivity index (χ4n) is 1.07. The lowest BCUT2D eigenvalue weighted by Crippen LogP contribution is -1.98. The number of benzene rings is 1. The van der Waals surface area contributed by atoms with Crippen LogP contribution in [0, 0.1) is 5.82 Å². The molecule has 66 valence electrons. The third kappa shape index (κ3) is 1.95. The summed E-state index contributed by atoms with van der Waals surface area (Å²) < 4.78 is 12.8. The molecule has 0 fully saturated rings. The van der Waals surface area contributed by atoms with E-state index >= 15 is 0 Å². The molecule has 3 N–H and O–H groups in total. The summed E-state index contributed by atoms with van der Waals surface area (Å²) in [6.07, 6.45) is 1.24.